The average molecular weight is 348 g/mol. The zero-order valence-corrected chi connectivity index (χ0v) is 14.8. The van der Waals surface area contributed by atoms with E-state index in [1.165, 1.54) is 0 Å². The summed E-state index contributed by atoms with van der Waals surface area (Å²) in [7, 11) is 0. The Morgan fingerprint density at radius 1 is 1.20 bits per heavy atom. The van der Waals surface area contributed by atoms with Crippen molar-refractivity contribution in [1.82, 2.24) is 30.4 Å². The first kappa shape index (κ1) is 17.3. The molecule has 138 valence electrons. The molecule has 4 rings (SSSR count). The second-order valence-corrected chi connectivity index (χ2v) is 7.08. The van der Waals surface area contributed by atoms with Gasteiger partial charge in [0.05, 0.1) is 37.7 Å². The average Bonchev–Trinajstić information content (AvgIpc) is 2.69. The maximum absolute atomic E-state index is 6.07. The van der Waals surface area contributed by atoms with Gasteiger partial charge in [0.15, 0.2) is 0 Å². The van der Waals surface area contributed by atoms with Crippen molar-refractivity contribution >= 4 is 0 Å². The van der Waals surface area contributed by atoms with E-state index in [0.29, 0.717) is 19.3 Å². The number of nitrogens with one attached hydrogen (secondary N) is 2. The molecule has 0 aliphatic carbocycles. The number of ether oxygens (including phenoxy) is 2. The predicted octanol–water partition coefficient (Wildman–Crippen LogP) is -0.584. The lowest BCUT2D eigenvalue weighted by Crippen LogP contribution is -2.63. The Bertz CT molecular complexity index is 547. The lowest BCUT2D eigenvalue weighted by Gasteiger charge is -2.46. The molecule has 3 aliphatic heterocycles. The van der Waals surface area contributed by atoms with E-state index in [9.17, 15) is 0 Å². The Morgan fingerprint density at radius 3 is 3.00 bits per heavy atom. The van der Waals surface area contributed by atoms with Crippen molar-refractivity contribution in [3.8, 4) is 0 Å². The van der Waals surface area contributed by atoms with E-state index >= 15 is 0 Å². The first-order valence-electron chi connectivity index (χ1n) is 9.22. The van der Waals surface area contributed by atoms with Crippen LogP contribution in [0.3, 0.4) is 0 Å². The van der Waals surface area contributed by atoms with Crippen LogP contribution in [0.1, 0.15) is 18.7 Å². The van der Waals surface area contributed by atoms with Gasteiger partial charge in [-0.2, -0.15) is 0 Å². The van der Waals surface area contributed by atoms with Crippen LogP contribution in [0.15, 0.2) is 18.6 Å². The minimum absolute atomic E-state index is 0.113. The summed E-state index contributed by atoms with van der Waals surface area (Å²) in [6, 6.07) is 2.58. The molecule has 0 spiro atoms. The Morgan fingerprint density at radius 2 is 2.16 bits per heavy atom. The third-order valence-corrected chi connectivity index (χ3v) is 5.24. The molecule has 4 heterocycles. The van der Waals surface area contributed by atoms with Crippen LogP contribution in [-0.2, 0) is 9.47 Å². The highest BCUT2D eigenvalue weighted by Crippen LogP contribution is 2.20. The summed E-state index contributed by atoms with van der Waals surface area (Å²) in [6.07, 6.45) is 3.74. The Kier molecular flexibility index (Phi) is 5.54. The number of aromatic nitrogens is 2. The molecule has 3 fully saturated rings. The van der Waals surface area contributed by atoms with Crippen molar-refractivity contribution in [3.05, 3.63) is 24.3 Å². The van der Waals surface area contributed by atoms with Gasteiger partial charge in [-0.15, -0.1) is 0 Å². The number of morpholine rings is 2. The van der Waals surface area contributed by atoms with Gasteiger partial charge in [0.25, 0.3) is 0 Å². The highest BCUT2D eigenvalue weighted by molar-refractivity contribution is 5.06. The summed E-state index contributed by atoms with van der Waals surface area (Å²) < 4.78 is 11.9. The van der Waals surface area contributed by atoms with Gasteiger partial charge in [-0.25, -0.2) is 9.97 Å². The van der Waals surface area contributed by atoms with Crippen LogP contribution in [0.5, 0.6) is 0 Å². The Hall–Kier alpha value is -1.16. The Labute approximate surface area is 148 Å². The van der Waals surface area contributed by atoms with Crippen molar-refractivity contribution in [3.63, 3.8) is 0 Å². The molecule has 0 radical (unpaired) electrons. The molecule has 3 saturated heterocycles. The zero-order chi connectivity index (χ0) is 17.1. The first-order valence-corrected chi connectivity index (χ1v) is 9.22. The molecular formula is C17H28N6O2. The summed E-state index contributed by atoms with van der Waals surface area (Å²) >= 11 is 0. The molecule has 1 aromatic heterocycles. The smallest absolute Gasteiger partial charge is 0.123 e. The molecule has 1 aromatic rings. The fourth-order valence-electron chi connectivity index (χ4n) is 3.89. The third-order valence-electron chi connectivity index (χ3n) is 5.24. The van der Waals surface area contributed by atoms with Gasteiger partial charge in [0.1, 0.15) is 12.6 Å². The minimum atomic E-state index is 0.113. The summed E-state index contributed by atoms with van der Waals surface area (Å²) in [4.78, 5) is 13.3. The summed E-state index contributed by atoms with van der Waals surface area (Å²) in [5, 5.41) is 7.19. The monoisotopic (exact) mass is 348 g/mol. The number of hydrogen-bond donors (Lipinski definition) is 2. The van der Waals surface area contributed by atoms with Crippen LogP contribution in [0.25, 0.3) is 0 Å². The largest absolute Gasteiger partial charge is 0.376 e. The maximum atomic E-state index is 6.07. The first-order chi connectivity index (χ1) is 12.3. The summed E-state index contributed by atoms with van der Waals surface area (Å²) in [5.74, 6) is 0. The van der Waals surface area contributed by atoms with Crippen LogP contribution < -0.4 is 10.6 Å². The van der Waals surface area contributed by atoms with Gasteiger partial charge < -0.3 is 14.8 Å². The SMILES string of the molecule is CC1CN(C2CN(C3COCC(c4ccncn4)N3)CCO2)CCN1. The quantitative estimate of drug-likeness (QED) is 0.751. The summed E-state index contributed by atoms with van der Waals surface area (Å²) in [5.41, 5.74) is 0.987. The molecule has 2 N–H and O–H groups in total. The highest BCUT2D eigenvalue weighted by Gasteiger charge is 2.34. The van der Waals surface area contributed by atoms with Crippen molar-refractivity contribution in [2.75, 3.05) is 52.5 Å². The number of hydrogen-bond acceptors (Lipinski definition) is 8. The second kappa shape index (κ2) is 8.03. The summed E-state index contributed by atoms with van der Waals surface area (Å²) in [6.45, 7) is 9.29. The minimum Gasteiger partial charge on any atom is -0.376 e. The lowest BCUT2D eigenvalue weighted by atomic mass is 10.1. The van der Waals surface area contributed by atoms with Crippen LogP contribution in [0.2, 0.25) is 0 Å². The number of rotatable bonds is 3. The standard InChI is InChI=1S/C17H28N6O2/c1-13-8-23(5-4-19-13)17-9-22(6-7-25-17)16-11-24-10-15(21-16)14-2-3-18-12-20-14/h2-3,12-13,15-17,19,21H,4-11H2,1H3. The molecule has 0 amide bonds. The topological polar surface area (TPSA) is 74.8 Å². The molecule has 0 saturated carbocycles. The van der Waals surface area contributed by atoms with Gasteiger partial charge >= 0.3 is 0 Å². The van der Waals surface area contributed by atoms with Gasteiger partial charge in [-0.3, -0.25) is 15.1 Å². The molecule has 4 atom stereocenters. The normalized spacial score (nSPS) is 35.6. The van der Waals surface area contributed by atoms with Crippen LogP contribution >= 0.6 is 0 Å². The molecule has 4 unspecified atom stereocenters. The maximum Gasteiger partial charge on any atom is 0.123 e. The van der Waals surface area contributed by atoms with Crippen LogP contribution in [0.4, 0.5) is 0 Å². The van der Waals surface area contributed by atoms with E-state index in [2.05, 4.69) is 37.3 Å². The van der Waals surface area contributed by atoms with Gasteiger partial charge in [-0.1, -0.05) is 0 Å². The van der Waals surface area contributed by atoms with Crippen molar-refractivity contribution in [2.45, 2.75) is 31.4 Å². The van der Waals surface area contributed by atoms with E-state index < -0.39 is 0 Å². The van der Waals surface area contributed by atoms with E-state index in [-0.39, 0.29) is 18.4 Å². The van der Waals surface area contributed by atoms with Crippen LogP contribution in [-0.4, -0.2) is 90.7 Å². The predicted molar refractivity (Wildman–Crippen MR) is 92.9 cm³/mol. The van der Waals surface area contributed by atoms with Crippen molar-refractivity contribution in [1.29, 1.82) is 0 Å². The fraction of sp³-hybridized carbons (Fsp3) is 0.765. The highest BCUT2D eigenvalue weighted by atomic mass is 16.5. The third kappa shape index (κ3) is 4.16. The van der Waals surface area contributed by atoms with E-state index in [0.717, 1.165) is 45.0 Å². The second-order valence-electron chi connectivity index (χ2n) is 7.08. The molecule has 3 aliphatic rings. The van der Waals surface area contributed by atoms with Gasteiger partial charge in [-0.05, 0) is 13.0 Å². The van der Waals surface area contributed by atoms with Crippen molar-refractivity contribution < 1.29 is 9.47 Å². The number of piperazine rings is 1. The number of nitrogens with zero attached hydrogens (tertiary/aromatic N) is 4. The molecule has 0 bridgehead atoms. The van der Waals surface area contributed by atoms with Crippen LogP contribution in [0, 0.1) is 0 Å². The van der Waals surface area contributed by atoms with Gasteiger partial charge in [0.2, 0.25) is 0 Å². The molecule has 25 heavy (non-hydrogen) atoms. The molecular weight excluding hydrogens is 320 g/mol. The lowest BCUT2D eigenvalue weighted by molar-refractivity contribution is -0.141. The van der Waals surface area contributed by atoms with Gasteiger partial charge in [0, 0.05) is 45.0 Å². The molecule has 8 nitrogen and oxygen atoms in total. The van der Waals surface area contributed by atoms with E-state index in [1.54, 1.807) is 12.5 Å². The molecule has 0 aromatic carbocycles. The van der Waals surface area contributed by atoms with Crippen molar-refractivity contribution in [2.24, 2.45) is 0 Å². The zero-order valence-electron chi connectivity index (χ0n) is 14.8. The Balaban J connectivity index is 1.37. The van der Waals surface area contributed by atoms with E-state index in [4.69, 9.17) is 9.47 Å². The van der Waals surface area contributed by atoms with E-state index in [1.807, 2.05) is 6.07 Å². The molecule has 8 heteroatoms. The fourth-order valence-corrected chi connectivity index (χ4v) is 3.89.